The molecular formula is C20H21N3O5. The van der Waals surface area contributed by atoms with Crippen LogP contribution in [-0.2, 0) is 4.74 Å². The quantitative estimate of drug-likeness (QED) is 0.743. The maximum Gasteiger partial charge on any atom is 0.339 e. The molecule has 0 atom stereocenters. The smallest absolute Gasteiger partial charge is 0.339 e. The van der Waals surface area contributed by atoms with E-state index >= 15 is 0 Å². The number of rotatable bonds is 4. The molecule has 8 nitrogen and oxygen atoms in total. The second kappa shape index (κ2) is 8.51. The summed E-state index contributed by atoms with van der Waals surface area (Å²) in [6.07, 6.45) is 1.32. The molecule has 2 heterocycles. The number of hydrogen-bond donors (Lipinski definition) is 0. The largest absolute Gasteiger partial charge is 0.497 e. The number of hydrogen-bond acceptors (Lipinski definition) is 6. The van der Waals surface area contributed by atoms with E-state index in [1.807, 2.05) is 0 Å². The lowest BCUT2D eigenvalue weighted by atomic mass is 10.1. The van der Waals surface area contributed by atoms with Crippen molar-refractivity contribution in [1.82, 2.24) is 14.8 Å². The number of nitrogens with zero attached hydrogens (tertiary/aromatic N) is 3. The first-order chi connectivity index (χ1) is 13.5. The van der Waals surface area contributed by atoms with E-state index in [-0.39, 0.29) is 23.1 Å². The van der Waals surface area contributed by atoms with Crippen LogP contribution in [0.5, 0.6) is 5.75 Å². The first-order valence-corrected chi connectivity index (χ1v) is 8.80. The molecule has 0 unspecified atom stereocenters. The zero-order valence-corrected chi connectivity index (χ0v) is 15.8. The lowest BCUT2D eigenvalue weighted by molar-refractivity contribution is 0.0532. The topological polar surface area (TPSA) is 89.0 Å². The summed E-state index contributed by atoms with van der Waals surface area (Å²) in [6.45, 7) is 1.72. The van der Waals surface area contributed by atoms with Gasteiger partial charge in [0.2, 0.25) is 0 Å². The lowest BCUT2D eigenvalue weighted by Crippen LogP contribution is -2.50. The molecule has 0 saturated carbocycles. The summed E-state index contributed by atoms with van der Waals surface area (Å²) < 4.78 is 9.72. The maximum atomic E-state index is 12.6. The van der Waals surface area contributed by atoms with E-state index in [9.17, 15) is 14.4 Å². The third-order valence-electron chi connectivity index (χ3n) is 4.59. The standard InChI is InChI=1S/C20H21N3O5/c1-27-16-6-3-14(4-7-16)18(24)22-9-11-23(12-10-22)19(25)17-8-5-15(13-21-17)20(26)28-2/h3-8,13H,9-12H2,1-2H3. The van der Waals surface area contributed by atoms with Gasteiger partial charge in [0.25, 0.3) is 11.8 Å². The van der Waals surface area contributed by atoms with Gasteiger partial charge in [0.15, 0.2) is 0 Å². The molecule has 146 valence electrons. The van der Waals surface area contributed by atoms with Crippen LogP contribution < -0.4 is 4.74 Å². The van der Waals surface area contributed by atoms with E-state index in [0.29, 0.717) is 37.5 Å². The number of piperazine rings is 1. The van der Waals surface area contributed by atoms with Crippen LogP contribution in [0.25, 0.3) is 0 Å². The predicted octanol–water partition coefficient (Wildman–Crippen LogP) is 1.48. The molecule has 3 rings (SSSR count). The highest BCUT2D eigenvalue weighted by atomic mass is 16.5. The van der Waals surface area contributed by atoms with Gasteiger partial charge in [-0.25, -0.2) is 4.79 Å². The minimum Gasteiger partial charge on any atom is -0.497 e. The van der Waals surface area contributed by atoms with Crippen LogP contribution in [0.1, 0.15) is 31.2 Å². The predicted molar refractivity (Wildman–Crippen MR) is 100 cm³/mol. The van der Waals surface area contributed by atoms with Crippen LogP contribution in [0.15, 0.2) is 42.6 Å². The van der Waals surface area contributed by atoms with Crippen molar-refractivity contribution in [2.75, 3.05) is 40.4 Å². The third kappa shape index (κ3) is 4.11. The summed E-state index contributed by atoms with van der Waals surface area (Å²) in [5, 5.41) is 0. The summed E-state index contributed by atoms with van der Waals surface area (Å²) in [6, 6.07) is 9.96. The Morgan fingerprint density at radius 2 is 1.39 bits per heavy atom. The van der Waals surface area contributed by atoms with Crippen molar-refractivity contribution < 1.29 is 23.9 Å². The highest BCUT2D eigenvalue weighted by Crippen LogP contribution is 2.15. The van der Waals surface area contributed by atoms with Gasteiger partial charge in [-0.1, -0.05) is 0 Å². The highest BCUT2D eigenvalue weighted by molar-refractivity contribution is 5.96. The zero-order valence-electron chi connectivity index (χ0n) is 15.8. The summed E-state index contributed by atoms with van der Waals surface area (Å²) >= 11 is 0. The Balaban J connectivity index is 1.59. The van der Waals surface area contributed by atoms with Crippen molar-refractivity contribution in [2.45, 2.75) is 0 Å². The van der Waals surface area contributed by atoms with Gasteiger partial charge in [-0.2, -0.15) is 0 Å². The maximum absolute atomic E-state index is 12.6. The van der Waals surface area contributed by atoms with Crippen molar-refractivity contribution in [2.24, 2.45) is 0 Å². The molecule has 0 radical (unpaired) electrons. The number of pyridine rings is 1. The van der Waals surface area contributed by atoms with Crippen molar-refractivity contribution in [3.05, 3.63) is 59.4 Å². The van der Waals surface area contributed by atoms with Gasteiger partial charge in [-0.3, -0.25) is 14.6 Å². The van der Waals surface area contributed by atoms with Crippen LogP contribution >= 0.6 is 0 Å². The summed E-state index contributed by atoms with van der Waals surface area (Å²) in [4.78, 5) is 44.1. The minimum atomic E-state index is -0.503. The number of methoxy groups -OCH3 is 2. The van der Waals surface area contributed by atoms with Crippen LogP contribution in [0.4, 0.5) is 0 Å². The first kappa shape index (κ1) is 19.3. The summed E-state index contributed by atoms with van der Waals surface area (Å²) in [5.74, 6) is -0.113. The Bertz CT molecular complexity index is 856. The number of amides is 2. The first-order valence-electron chi connectivity index (χ1n) is 8.80. The summed E-state index contributed by atoms with van der Waals surface area (Å²) in [7, 11) is 2.86. The van der Waals surface area contributed by atoms with Crippen LogP contribution in [0, 0.1) is 0 Å². The molecule has 0 aliphatic carbocycles. The van der Waals surface area contributed by atoms with E-state index in [1.165, 1.54) is 25.4 Å². The molecule has 1 saturated heterocycles. The molecule has 8 heteroatoms. The minimum absolute atomic E-state index is 0.0738. The molecule has 1 aromatic carbocycles. The number of ether oxygens (including phenoxy) is 2. The van der Waals surface area contributed by atoms with Crippen LogP contribution in [0.2, 0.25) is 0 Å². The highest BCUT2D eigenvalue weighted by Gasteiger charge is 2.26. The molecule has 1 fully saturated rings. The molecule has 0 N–H and O–H groups in total. The molecule has 0 bridgehead atoms. The fourth-order valence-corrected chi connectivity index (χ4v) is 2.95. The van der Waals surface area contributed by atoms with Crippen molar-refractivity contribution in [3.63, 3.8) is 0 Å². The molecule has 1 aromatic heterocycles. The Labute approximate surface area is 162 Å². The van der Waals surface area contributed by atoms with Crippen molar-refractivity contribution >= 4 is 17.8 Å². The average Bonchev–Trinajstić information content (AvgIpc) is 2.78. The number of carbonyl (C=O) groups is 3. The van der Waals surface area contributed by atoms with E-state index < -0.39 is 5.97 Å². The molecule has 2 aromatic rings. The lowest BCUT2D eigenvalue weighted by Gasteiger charge is -2.34. The van der Waals surface area contributed by atoms with E-state index in [0.717, 1.165) is 0 Å². The Hall–Kier alpha value is -3.42. The number of benzene rings is 1. The van der Waals surface area contributed by atoms with Gasteiger partial charge < -0.3 is 19.3 Å². The Kier molecular flexibility index (Phi) is 5.88. The normalized spacial score (nSPS) is 13.8. The zero-order chi connectivity index (χ0) is 20.1. The summed E-state index contributed by atoms with van der Waals surface area (Å²) in [5.41, 5.74) is 1.12. The van der Waals surface area contributed by atoms with E-state index in [1.54, 1.807) is 41.2 Å². The second-order valence-electron chi connectivity index (χ2n) is 6.24. The van der Waals surface area contributed by atoms with Gasteiger partial charge >= 0.3 is 5.97 Å². The molecule has 2 amide bonds. The number of carbonyl (C=O) groups excluding carboxylic acids is 3. The molecule has 1 aliphatic heterocycles. The molecule has 28 heavy (non-hydrogen) atoms. The van der Waals surface area contributed by atoms with Crippen molar-refractivity contribution in [1.29, 1.82) is 0 Å². The molecule has 0 spiro atoms. The second-order valence-corrected chi connectivity index (χ2v) is 6.24. The van der Waals surface area contributed by atoms with E-state index in [4.69, 9.17) is 4.74 Å². The Morgan fingerprint density at radius 1 is 0.821 bits per heavy atom. The SMILES string of the molecule is COC(=O)c1ccc(C(=O)N2CCN(C(=O)c3ccc(OC)cc3)CC2)nc1. The number of esters is 1. The van der Waals surface area contributed by atoms with Gasteiger partial charge in [-0.05, 0) is 36.4 Å². The van der Waals surface area contributed by atoms with Gasteiger partial charge in [-0.15, -0.1) is 0 Å². The van der Waals surface area contributed by atoms with Crippen LogP contribution in [0.3, 0.4) is 0 Å². The fourth-order valence-electron chi connectivity index (χ4n) is 2.95. The monoisotopic (exact) mass is 383 g/mol. The Morgan fingerprint density at radius 3 is 1.89 bits per heavy atom. The van der Waals surface area contributed by atoms with Crippen molar-refractivity contribution in [3.8, 4) is 5.75 Å². The fraction of sp³-hybridized carbons (Fsp3) is 0.300. The molecule has 1 aliphatic rings. The van der Waals surface area contributed by atoms with Gasteiger partial charge in [0.05, 0.1) is 19.8 Å². The third-order valence-corrected chi connectivity index (χ3v) is 4.59. The van der Waals surface area contributed by atoms with Gasteiger partial charge in [0.1, 0.15) is 11.4 Å². The van der Waals surface area contributed by atoms with Gasteiger partial charge in [0, 0.05) is 37.9 Å². The average molecular weight is 383 g/mol. The van der Waals surface area contributed by atoms with Crippen LogP contribution in [-0.4, -0.2) is 73.0 Å². The van der Waals surface area contributed by atoms with E-state index in [2.05, 4.69) is 9.72 Å². The number of aromatic nitrogens is 1. The molecular weight excluding hydrogens is 362 g/mol.